The number of nitrogens with one attached hydrogen (secondary N) is 1. The van der Waals surface area contributed by atoms with Crippen molar-refractivity contribution >= 4 is 5.91 Å². The number of amides is 1. The van der Waals surface area contributed by atoms with Gasteiger partial charge in [-0.1, -0.05) is 84.0 Å². The molecule has 0 saturated carbocycles. The molecule has 0 aliphatic heterocycles. The Hall–Kier alpha value is -0.570. The molecule has 1 amide bonds. The molecule has 0 aliphatic carbocycles. The topological polar surface area (TPSA) is 49.3 Å². The van der Waals surface area contributed by atoms with Gasteiger partial charge in [-0.15, -0.1) is 0 Å². The van der Waals surface area contributed by atoms with Crippen LogP contribution in [0, 0.1) is 0 Å². The summed E-state index contributed by atoms with van der Waals surface area (Å²) in [6.45, 7) is 3.82. The highest BCUT2D eigenvalue weighted by Gasteiger charge is 2.07. The van der Waals surface area contributed by atoms with Crippen molar-refractivity contribution in [3.63, 3.8) is 0 Å². The molecule has 0 rings (SSSR count). The molecule has 0 aromatic rings. The van der Waals surface area contributed by atoms with Crippen molar-refractivity contribution in [2.75, 3.05) is 6.61 Å². The number of rotatable bonds is 15. The Labute approximate surface area is 131 Å². The molecule has 126 valence electrons. The van der Waals surface area contributed by atoms with Gasteiger partial charge in [0, 0.05) is 6.92 Å². The monoisotopic (exact) mass is 299 g/mol. The summed E-state index contributed by atoms with van der Waals surface area (Å²) in [6, 6.07) is -0.0504. The minimum atomic E-state index is -0.0504. The van der Waals surface area contributed by atoms with E-state index in [4.69, 9.17) is 5.11 Å². The molecule has 1 unspecified atom stereocenters. The summed E-state index contributed by atoms with van der Waals surface area (Å²) in [5, 5.41) is 11.9. The first-order valence-corrected chi connectivity index (χ1v) is 9.08. The normalized spacial score (nSPS) is 12.3. The lowest BCUT2D eigenvalue weighted by Crippen LogP contribution is -2.35. The first-order chi connectivity index (χ1) is 10.2. The highest BCUT2D eigenvalue weighted by molar-refractivity contribution is 5.73. The molecule has 0 bridgehead atoms. The second kappa shape index (κ2) is 15.8. The minimum absolute atomic E-state index is 0.0482. The van der Waals surface area contributed by atoms with E-state index in [0.29, 0.717) is 0 Å². The quantitative estimate of drug-likeness (QED) is 0.435. The van der Waals surface area contributed by atoms with Crippen molar-refractivity contribution in [3.05, 3.63) is 0 Å². The van der Waals surface area contributed by atoms with Crippen LogP contribution in [0.25, 0.3) is 0 Å². The van der Waals surface area contributed by atoms with Gasteiger partial charge in [-0.25, -0.2) is 0 Å². The van der Waals surface area contributed by atoms with Gasteiger partial charge in [0.25, 0.3) is 0 Å². The summed E-state index contributed by atoms with van der Waals surface area (Å²) in [7, 11) is 0. The second-order valence-corrected chi connectivity index (χ2v) is 6.26. The van der Waals surface area contributed by atoms with Gasteiger partial charge < -0.3 is 10.4 Å². The Morgan fingerprint density at radius 3 is 1.67 bits per heavy atom. The fraction of sp³-hybridized carbons (Fsp3) is 0.944. The third-order valence-electron chi connectivity index (χ3n) is 4.03. The molecule has 0 fully saturated rings. The van der Waals surface area contributed by atoms with Crippen molar-refractivity contribution in [2.24, 2.45) is 0 Å². The van der Waals surface area contributed by atoms with E-state index in [1.807, 2.05) is 0 Å². The lowest BCUT2D eigenvalue weighted by Gasteiger charge is -2.14. The highest BCUT2D eigenvalue weighted by atomic mass is 16.3. The number of hydrogen-bond acceptors (Lipinski definition) is 2. The van der Waals surface area contributed by atoms with Crippen molar-refractivity contribution in [3.8, 4) is 0 Å². The zero-order valence-electron chi connectivity index (χ0n) is 14.3. The SMILES string of the molecule is CCCCCCCCCCCCCCC(CO)NC(C)=O. The predicted octanol–water partition coefficient (Wildman–Crippen LogP) is 4.57. The maximum absolute atomic E-state index is 10.9. The summed E-state index contributed by atoms with van der Waals surface area (Å²) in [6.07, 6.45) is 17.0. The van der Waals surface area contributed by atoms with Crippen LogP contribution in [0.5, 0.6) is 0 Å². The lowest BCUT2D eigenvalue weighted by molar-refractivity contribution is -0.120. The van der Waals surface area contributed by atoms with Gasteiger partial charge in [0.1, 0.15) is 0 Å². The fourth-order valence-electron chi connectivity index (χ4n) is 2.73. The number of carbonyl (C=O) groups excluding carboxylic acids is 1. The lowest BCUT2D eigenvalue weighted by atomic mass is 10.0. The Bertz CT molecular complexity index is 231. The third kappa shape index (κ3) is 15.6. The van der Waals surface area contributed by atoms with Crippen molar-refractivity contribution in [1.29, 1.82) is 0 Å². The van der Waals surface area contributed by atoms with Gasteiger partial charge in [0.2, 0.25) is 5.91 Å². The molecule has 0 radical (unpaired) electrons. The second-order valence-electron chi connectivity index (χ2n) is 6.26. The average Bonchev–Trinajstić information content (AvgIpc) is 2.46. The smallest absolute Gasteiger partial charge is 0.217 e. The number of aliphatic hydroxyl groups excluding tert-OH is 1. The summed E-state index contributed by atoms with van der Waals surface area (Å²) < 4.78 is 0. The highest BCUT2D eigenvalue weighted by Crippen LogP contribution is 2.12. The van der Waals surface area contributed by atoms with Crippen LogP contribution in [0.15, 0.2) is 0 Å². The van der Waals surface area contributed by atoms with Gasteiger partial charge in [-0.05, 0) is 6.42 Å². The average molecular weight is 299 g/mol. The van der Waals surface area contributed by atoms with Crippen molar-refractivity contribution < 1.29 is 9.90 Å². The first-order valence-electron chi connectivity index (χ1n) is 9.08. The van der Waals surface area contributed by atoms with Crippen LogP contribution in [-0.2, 0) is 4.79 Å². The Kier molecular flexibility index (Phi) is 15.4. The maximum atomic E-state index is 10.9. The molecule has 21 heavy (non-hydrogen) atoms. The molecule has 0 aliphatic rings. The van der Waals surface area contributed by atoms with Crippen molar-refractivity contribution in [2.45, 2.75) is 103 Å². The molecular weight excluding hydrogens is 262 g/mol. The van der Waals surface area contributed by atoms with Crippen LogP contribution in [0.3, 0.4) is 0 Å². The van der Waals surface area contributed by atoms with Crippen LogP contribution in [0.2, 0.25) is 0 Å². The van der Waals surface area contributed by atoms with E-state index in [-0.39, 0.29) is 18.6 Å². The van der Waals surface area contributed by atoms with E-state index in [0.717, 1.165) is 12.8 Å². The van der Waals surface area contributed by atoms with Gasteiger partial charge in [0.15, 0.2) is 0 Å². The Morgan fingerprint density at radius 2 is 1.29 bits per heavy atom. The molecule has 0 aromatic carbocycles. The predicted molar refractivity (Wildman–Crippen MR) is 90.4 cm³/mol. The maximum Gasteiger partial charge on any atom is 0.217 e. The van der Waals surface area contributed by atoms with E-state index >= 15 is 0 Å². The van der Waals surface area contributed by atoms with Crippen LogP contribution in [-0.4, -0.2) is 23.7 Å². The largest absolute Gasteiger partial charge is 0.394 e. The summed E-state index contributed by atoms with van der Waals surface area (Å²) in [5.41, 5.74) is 0. The molecule has 0 aromatic heterocycles. The zero-order valence-corrected chi connectivity index (χ0v) is 14.3. The molecular formula is C18H37NO2. The van der Waals surface area contributed by atoms with E-state index in [1.54, 1.807) is 0 Å². The van der Waals surface area contributed by atoms with E-state index in [9.17, 15) is 4.79 Å². The molecule has 0 saturated heterocycles. The number of hydrogen-bond donors (Lipinski definition) is 2. The first kappa shape index (κ1) is 20.4. The van der Waals surface area contributed by atoms with Gasteiger partial charge in [-0.3, -0.25) is 4.79 Å². The van der Waals surface area contributed by atoms with Crippen LogP contribution in [0.4, 0.5) is 0 Å². The molecule has 3 heteroatoms. The number of aliphatic hydroxyl groups is 1. The van der Waals surface area contributed by atoms with Crippen molar-refractivity contribution in [1.82, 2.24) is 5.32 Å². The fourth-order valence-corrected chi connectivity index (χ4v) is 2.73. The van der Waals surface area contributed by atoms with Gasteiger partial charge >= 0.3 is 0 Å². The van der Waals surface area contributed by atoms with Gasteiger partial charge in [0.05, 0.1) is 12.6 Å². The van der Waals surface area contributed by atoms with E-state index in [1.165, 1.54) is 77.6 Å². The molecule has 2 N–H and O–H groups in total. The van der Waals surface area contributed by atoms with E-state index < -0.39 is 0 Å². The number of carbonyl (C=O) groups is 1. The van der Waals surface area contributed by atoms with Crippen LogP contribution in [0.1, 0.15) is 97.3 Å². The summed E-state index contributed by atoms with van der Waals surface area (Å²) in [5.74, 6) is -0.0482. The summed E-state index contributed by atoms with van der Waals surface area (Å²) in [4.78, 5) is 10.9. The van der Waals surface area contributed by atoms with E-state index in [2.05, 4.69) is 12.2 Å². The third-order valence-corrected chi connectivity index (χ3v) is 4.03. The minimum Gasteiger partial charge on any atom is -0.394 e. The molecule has 0 spiro atoms. The standard InChI is InChI=1S/C18H37NO2/c1-3-4-5-6-7-8-9-10-11-12-13-14-15-18(16-20)19-17(2)21/h18,20H,3-16H2,1-2H3,(H,19,21). The van der Waals surface area contributed by atoms with Gasteiger partial charge in [-0.2, -0.15) is 0 Å². The molecule has 3 nitrogen and oxygen atoms in total. The Morgan fingerprint density at radius 1 is 0.857 bits per heavy atom. The van der Waals surface area contributed by atoms with Crippen LogP contribution < -0.4 is 5.32 Å². The Balaban J connectivity index is 3.19. The van der Waals surface area contributed by atoms with Crippen LogP contribution >= 0.6 is 0 Å². The molecule has 1 atom stereocenters. The molecule has 0 heterocycles. The number of unbranched alkanes of at least 4 members (excludes halogenated alkanes) is 11. The summed E-state index contributed by atoms with van der Waals surface area (Å²) >= 11 is 0. The zero-order chi connectivity index (χ0) is 15.8.